The zero-order valence-electron chi connectivity index (χ0n) is 16.7. The Hall–Kier alpha value is -3.32. The summed E-state index contributed by atoms with van der Waals surface area (Å²) in [6, 6.07) is 11.9. The van der Waals surface area contributed by atoms with Crippen LogP contribution in [0, 0.1) is 0 Å². The van der Waals surface area contributed by atoms with Crippen molar-refractivity contribution < 1.29 is 19.1 Å². The van der Waals surface area contributed by atoms with E-state index in [2.05, 4.69) is 5.32 Å². The minimum Gasteiger partial charge on any atom is -0.508 e. The quantitative estimate of drug-likeness (QED) is 0.596. The van der Waals surface area contributed by atoms with E-state index in [0.717, 1.165) is 16.5 Å². The number of aryl methyl sites for hydroxylation is 1. The first-order valence-corrected chi connectivity index (χ1v) is 9.30. The number of methoxy groups -OCH3 is 1. The van der Waals surface area contributed by atoms with E-state index in [1.807, 2.05) is 17.9 Å². The molecule has 1 amide bonds. The molecule has 29 heavy (non-hydrogen) atoms. The summed E-state index contributed by atoms with van der Waals surface area (Å²) in [5, 5.41) is 13.6. The van der Waals surface area contributed by atoms with Gasteiger partial charge >= 0.3 is 5.63 Å². The Morgan fingerprint density at radius 3 is 2.72 bits per heavy atom. The Balaban J connectivity index is 1.76. The van der Waals surface area contributed by atoms with Gasteiger partial charge in [-0.1, -0.05) is 13.0 Å². The molecule has 0 fully saturated rings. The predicted molar refractivity (Wildman–Crippen MR) is 111 cm³/mol. The van der Waals surface area contributed by atoms with Gasteiger partial charge < -0.3 is 19.6 Å². The molecule has 0 unspecified atom stereocenters. The number of hydrogen-bond acceptors (Lipinski definition) is 6. The zero-order valence-corrected chi connectivity index (χ0v) is 16.7. The number of benzene rings is 2. The summed E-state index contributed by atoms with van der Waals surface area (Å²) in [4.78, 5) is 26.1. The van der Waals surface area contributed by atoms with Gasteiger partial charge in [0.15, 0.2) is 0 Å². The fraction of sp³-hybridized carbons (Fsp3) is 0.273. The van der Waals surface area contributed by atoms with Crippen LogP contribution in [0.1, 0.15) is 18.1 Å². The molecule has 2 aromatic carbocycles. The van der Waals surface area contributed by atoms with Gasteiger partial charge in [0.05, 0.1) is 13.7 Å². The van der Waals surface area contributed by atoms with E-state index in [0.29, 0.717) is 30.0 Å². The first-order chi connectivity index (χ1) is 13.9. The highest BCUT2D eigenvalue weighted by Crippen LogP contribution is 2.27. The number of nitrogens with one attached hydrogen (secondary N) is 1. The third-order valence-corrected chi connectivity index (χ3v) is 4.62. The van der Waals surface area contributed by atoms with E-state index < -0.39 is 5.63 Å². The number of fused-ring (bicyclic) bond motifs is 1. The number of rotatable bonds is 7. The van der Waals surface area contributed by atoms with Crippen molar-refractivity contribution in [1.29, 1.82) is 0 Å². The third kappa shape index (κ3) is 4.94. The molecule has 0 aliphatic carbocycles. The van der Waals surface area contributed by atoms with Crippen LogP contribution in [-0.2, 0) is 17.8 Å². The number of nitrogens with zero attached hydrogens (tertiary/aromatic N) is 1. The lowest BCUT2D eigenvalue weighted by molar-refractivity contribution is -0.117. The van der Waals surface area contributed by atoms with Gasteiger partial charge in [0.25, 0.3) is 0 Å². The number of phenols is 1. The van der Waals surface area contributed by atoms with E-state index >= 15 is 0 Å². The summed E-state index contributed by atoms with van der Waals surface area (Å²) in [5.74, 6) is 0.583. The lowest BCUT2D eigenvalue weighted by atomic mass is 10.0. The van der Waals surface area contributed by atoms with E-state index in [1.54, 1.807) is 38.4 Å². The van der Waals surface area contributed by atoms with Crippen molar-refractivity contribution in [1.82, 2.24) is 4.90 Å². The topological polar surface area (TPSA) is 92.0 Å². The lowest BCUT2D eigenvalue weighted by Gasteiger charge is -2.18. The molecule has 152 valence electrons. The van der Waals surface area contributed by atoms with Crippen molar-refractivity contribution in [2.75, 3.05) is 26.0 Å². The maximum atomic E-state index is 12.4. The van der Waals surface area contributed by atoms with Crippen LogP contribution in [0.25, 0.3) is 11.0 Å². The van der Waals surface area contributed by atoms with Crippen LogP contribution in [0.2, 0.25) is 0 Å². The minimum absolute atomic E-state index is 0.103. The summed E-state index contributed by atoms with van der Waals surface area (Å²) < 4.78 is 10.4. The summed E-state index contributed by atoms with van der Waals surface area (Å²) in [6.45, 7) is 2.45. The molecule has 3 aromatic rings. The summed E-state index contributed by atoms with van der Waals surface area (Å²) >= 11 is 0. The summed E-state index contributed by atoms with van der Waals surface area (Å²) in [6.07, 6.45) is 0.652. The first-order valence-electron chi connectivity index (χ1n) is 9.30. The van der Waals surface area contributed by atoms with Crippen LogP contribution >= 0.6 is 0 Å². The number of phenolic OH excluding ortho intramolecular Hbond substituents is 1. The molecule has 1 heterocycles. The fourth-order valence-corrected chi connectivity index (χ4v) is 3.21. The maximum absolute atomic E-state index is 12.4. The molecule has 0 bridgehead atoms. The Kier molecular flexibility index (Phi) is 6.19. The number of aromatic hydroxyl groups is 1. The van der Waals surface area contributed by atoms with Gasteiger partial charge in [-0.2, -0.15) is 0 Å². The van der Waals surface area contributed by atoms with Gasteiger partial charge in [0, 0.05) is 35.8 Å². The zero-order chi connectivity index (χ0) is 21.0. The van der Waals surface area contributed by atoms with Crippen molar-refractivity contribution in [2.24, 2.45) is 0 Å². The molecule has 0 saturated heterocycles. The molecule has 0 spiro atoms. The molecule has 1 aromatic heterocycles. The van der Waals surface area contributed by atoms with Gasteiger partial charge in [-0.3, -0.25) is 9.69 Å². The van der Waals surface area contributed by atoms with Gasteiger partial charge in [0.2, 0.25) is 5.91 Å². The van der Waals surface area contributed by atoms with Gasteiger partial charge in [0.1, 0.15) is 17.1 Å². The van der Waals surface area contributed by atoms with Crippen LogP contribution in [0.5, 0.6) is 11.5 Å². The van der Waals surface area contributed by atoms with Crippen molar-refractivity contribution >= 4 is 22.6 Å². The number of hydrogen-bond donors (Lipinski definition) is 2. The number of likely N-dealkylation sites (N-methyl/N-ethyl adjacent to an activating group) is 1. The molecule has 0 saturated carbocycles. The highest BCUT2D eigenvalue weighted by atomic mass is 16.5. The van der Waals surface area contributed by atoms with E-state index in [9.17, 15) is 14.7 Å². The normalized spacial score (nSPS) is 11.0. The number of anilines is 1. The molecule has 0 aliphatic rings. The van der Waals surface area contributed by atoms with Crippen LogP contribution < -0.4 is 15.7 Å². The number of amides is 1. The van der Waals surface area contributed by atoms with Crippen molar-refractivity contribution in [3.63, 3.8) is 0 Å². The predicted octanol–water partition coefficient (Wildman–Crippen LogP) is 3.14. The Labute approximate surface area is 168 Å². The van der Waals surface area contributed by atoms with Crippen LogP contribution in [-0.4, -0.2) is 36.6 Å². The van der Waals surface area contributed by atoms with E-state index in [-0.39, 0.29) is 18.2 Å². The smallest absolute Gasteiger partial charge is 0.336 e. The van der Waals surface area contributed by atoms with Gasteiger partial charge in [-0.25, -0.2) is 4.79 Å². The monoisotopic (exact) mass is 396 g/mol. The summed E-state index contributed by atoms with van der Waals surface area (Å²) in [5.41, 5.74) is 1.99. The third-order valence-electron chi connectivity index (χ3n) is 4.62. The van der Waals surface area contributed by atoms with E-state index in [4.69, 9.17) is 9.15 Å². The molecule has 7 heteroatoms. The highest BCUT2D eigenvalue weighted by Gasteiger charge is 2.13. The van der Waals surface area contributed by atoms with E-state index in [1.165, 1.54) is 12.1 Å². The second-order valence-corrected chi connectivity index (χ2v) is 6.87. The molecule has 7 nitrogen and oxygen atoms in total. The van der Waals surface area contributed by atoms with Gasteiger partial charge in [-0.15, -0.1) is 0 Å². The minimum atomic E-state index is -0.495. The Morgan fingerprint density at radius 2 is 2.00 bits per heavy atom. The second-order valence-electron chi connectivity index (χ2n) is 6.87. The largest absolute Gasteiger partial charge is 0.508 e. The average molecular weight is 396 g/mol. The maximum Gasteiger partial charge on any atom is 0.336 e. The van der Waals surface area contributed by atoms with Crippen LogP contribution in [0.4, 0.5) is 5.69 Å². The Bertz CT molecular complexity index is 1090. The fourth-order valence-electron chi connectivity index (χ4n) is 3.21. The highest BCUT2D eigenvalue weighted by molar-refractivity contribution is 5.92. The molecular formula is C22H24N2O5. The van der Waals surface area contributed by atoms with Crippen LogP contribution in [0.15, 0.2) is 51.7 Å². The first kappa shape index (κ1) is 20.4. The Morgan fingerprint density at radius 1 is 1.21 bits per heavy atom. The molecular weight excluding hydrogens is 372 g/mol. The second kappa shape index (κ2) is 8.79. The van der Waals surface area contributed by atoms with Crippen molar-refractivity contribution in [2.45, 2.75) is 19.9 Å². The number of carbonyl (C=O) groups is 1. The average Bonchev–Trinajstić information content (AvgIpc) is 2.67. The van der Waals surface area contributed by atoms with Crippen LogP contribution in [0.3, 0.4) is 0 Å². The lowest BCUT2D eigenvalue weighted by Crippen LogP contribution is -2.30. The molecule has 2 N–H and O–H groups in total. The number of ether oxygens (including phenoxy) is 1. The molecule has 0 atom stereocenters. The molecule has 0 radical (unpaired) electrons. The van der Waals surface area contributed by atoms with Crippen molar-refractivity contribution in [3.05, 3.63) is 64.0 Å². The molecule has 3 rings (SSSR count). The van der Waals surface area contributed by atoms with Gasteiger partial charge in [-0.05, 0) is 42.8 Å². The standard InChI is InChI=1S/C22H24N2O5/c1-4-14-8-18-15(9-22(27)29-20(18)11-19(14)25)12-24(2)13-21(26)23-16-6-5-7-17(10-16)28-3/h5-11,25H,4,12-13H2,1-3H3,(H,23,26). The van der Waals surface area contributed by atoms with Crippen molar-refractivity contribution in [3.8, 4) is 11.5 Å². The molecule has 0 aliphatic heterocycles. The SMILES string of the molecule is CCc1cc2c(CN(C)CC(=O)Nc3cccc(OC)c3)cc(=O)oc2cc1O. The number of carbonyl (C=O) groups excluding carboxylic acids is 1. The summed E-state index contributed by atoms with van der Waals surface area (Å²) in [7, 11) is 3.37.